The SMILES string of the molecule is COc1cc(C(F)F)c(Cl)c(F)n1. The normalized spacial score (nSPS) is 10.6. The van der Waals surface area contributed by atoms with Gasteiger partial charge in [-0.05, 0) is 0 Å². The van der Waals surface area contributed by atoms with Crippen LogP contribution in [0.4, 0.5) is 13.2 Å². The molecule has 0 saturated carbocycles. The van der Waals surface area contributed by atoms with Crippen molar-refractivity contribution in [2.24, 2.45) is 0 Å². The zero-order valence-electron chi connectivity index (χ0n) is 6.52. The Morgan fingerprint density at radius 3 is 2.62 bits per heavy atom. The number of hydrogen-bond acceptors (Lipinski definition) is 2. The van der Waals surface area contributed by atoms with Crippen LogP contribution in [0.1, 0.15) is 12.0 Å². The monoisotopic (exact) mass is 211 g/mol. The highest BCUT2D eigenvalue weighted by atomic mass is 35.5. The van der Waals surface area contributed by atoms with E-state index in [1.807, 2.05) is 0 Å². The maximum absolute atomic E-state index is 12.7. The van der Waals surface area contributed by atoms with Gasteiger partial charge in [-0.2, -0.15) is 9.37 Å². The average Bonchev–Trinajstić information content (AvgIpc) is 2.09. The fourth-order valence-electron chi connectivity index (χ4n) is 0.757. The number of hydrogen-bond donors (Lipinski definition) is 0. The maximum Gasteiger partial charge on any atom is 0.265 e. The lowest BCUT2D eigenvalue weighted by Gasteiger charge is -2.05. The molecule has 0 aromatic carbocycles. The van der Waals surface area contributed by atoms with E-state index in [2.05, 4.69) is 9.72 Å². The molecule has 0 N–H and O–H groups in total. The molecule has 0 atom stereocenters. The predicted octanol–water partition coefficient (Wildman–Crippen LogP) is 2.82. The van der Waals surface area contributed by atoms with Gasteiger partial charge >= 0.3 is 0 Å². The molecule has 1 rings (SSSR count). The summed E-state index contributed by atoms with van der Waals surface area (Å²) in [5.74, 6) is -1.38. The van der Waals surface area contributed by atoms with Crippen molar-refractivity contribution in [3.05, 3.63) is 22.6 Å². The molecular weight excluding hydrogens is 207 g/mol. The minimum Gasteiger partial charge on any atom is -0.481 e. The summed E-state index contributed by atoms with van der Waals surface area (Å²) < 4.78 is 41.6. The van der Waals surface area contributed by atoms with Crippen LogP contribution in [0.25, 0.3) is 0 Å². The van der Waals surface area contributed by atoms with Gasteiger partial charge in [-0.15, -0.1) is 0 Å². The first-order valence-electron chi connectivity index (χ1n) is 3.24. The Morgan fingerprint density at radius 2 is 2.15 bits per heavy atom. The number of nitrogens with zero attached hydrogens (tertiary/aromatic N) is 1. The Balaban J connectivity index is 3.25. The summed E-state index contributed by atoms with van der Waals surface area (Å²) in [6.45, 7) is 0. The smallest absolute Gasteiger partial charge is 0.265 e. The fraction of sp³-hybridized carbons (Fsp3) is 0.286. The van der Waals surface area contributed by atoms with E-state index >= 15 is 0 Å². The number of aromatic nitrogens is 1. The zero-order valence-corrected chi connectivity index (χ0v) is 7.28. The van der Waals surface area contributed by atoms with E-state index in [0.29, 0.717) is 0 Å². The van der Waals surface area contributed by atoms with E-state index in [-0.39, 0.29) is 5.88 Å². The van der Waals surface area contributed by atoms with Crippen LogP contribution < -0.4 is 4.74 Å². The standard InChI is InChI=1S/C7H5ClF3NO/c1-13-4-2-3(6(9)10)5(8)7(11)12-4/h2,6H,1H3. The molecule has 0 aliphatic heterocycles. The van der Waals surface area contributed by atoms with Crippen LogP contribution in [0.5, 0.6) is 5.88 Å². The van der Waals surface area contributed by atoms with Crippen molar-refractivity contribution in [1.82, 2.24) is 4.98 Å². The molecule has 0 unspecified atom stereocenters. The van der Waals surface area contributed by atoms with Gasteiger partial charge in [-0.1, -0.05) is 11.6 Å². The molecular formula is C7H5ClF3NO. The lowest BCUT2D eigenvalue weighted by molar-refractivity contribution is 0.150. The van der Waals surface area contributed by atoms with Gasteiger partial charge in [0.1, 0.15) is 5.02 Å². The predicted molar refractivity (Wildman–Crippen MR) is 40.7 cm³/mol. The molecule has 0 saturated heterocycles. The van der Waals surface area contributed by atoms with E-state index in [1.165, 1.54) is 7.11 Å². The molecule has 0 radical (unpaired) electrons. The Kier molecular flexibility index (Phi) is 2.98. The summed E-state index contributed by atoms with van der Waals surface area (Å²) in [7, 11) is 1.20. The summed E-state index contributed by atoms with van der Waals surface area (Å²) >= 11 is 5.24. The van der Waals surface area contributed by atoms with E-state index in [1.54, 1.807) is 0 Å². The molecule has 0 aliphatic rings. The van der Waals surface area contributed by atoms with E-state index < -0.39 is 23.0 Å². The van der Waals surface area contributed by atoms with Gasteiger partial charge in [0, 0.05) is 11.6 Å². The zero-order chi connectivity index (χ0) is 10.0. The van der Waals surface area contributed by atoms with Crippen molar-refractivity contribution in [3.8, 4) is 5.88 Å². The molecule has 2 nitrogen and oxygen atoms in total. The number of methoxy groups -OCH3 is 1. The van der Waals surface area contributed by atoms with E-state index in [0.717, 1.165) is 6.07 Å². The van der Waals surface area contributed by atoms with Crippen LogP contribution in [0.15, 0.2) is 6.07 Å². The van der Waals surface area contributed by atoms with Gasteiger partial charge < -0.3 is 4.74 Å². The summed E-state index contributed by atoms with van der Waals surface area (Å²) in [5, 5.41) is -0.671. The molecule has 13 heavy (non-hydrogen) atoms. The third kappa shape index (κ3) is 2.03. The second-order valence-electron chi connectivity index (χ2n) is 2.16. The second-order valence-corrected chi connectivity index (χ2v) is 2.54. The topological polar surface area (TPSA) is 22.1 Å². The first-order valence-corrected chi connectivity index (χ1v) is 3.62. The van der Waals surface area contributed by atoms with Crippen LogP contribution in [0.2, 0.25) is 5.02 Å². The Labute approximate surface area is 77.3 Å². The fourth-order valence-corrected chi connectivity index (χ4v) is 0.936. The Morgan fingerprint density at radius 1 is 1.54 bits per heavy atom. The van der Waals surface area contributed by atoms with Crippen LogP contribution in [-0.4, -0.2) is 12.1 Å². The molecule has 72 valence electrons. The lowest BCUT2D eigenvalue weighted by atomic mass is 10.3. The quantitative estimate of drug-likeness (QED) is 0.702. The molecule has 1 aromatic rings. The molecule has 0 fully saturated rings. The van der Waals surface area contributed by atoms with Gasteiger partial charge in [-0.3, -0.25) is 0 Å². The van der Waals surface area contributed by atoms with Gasteiger partial charge in [-0.25, -0.2) is 8.78 Å². The van der Waals surface area contributed by atoms with Crippen molar-refractivity contribution < 1.29 is 17.9 Å². The average molecular weight is 212 g/mol. The first-order chi connectivity index (χ1) is 6.06. The van der Waals surface area contributed by atoms with Crippen LogP contribution in [0, 0.1) is 5.95 Å². The molecule has 0 bridgehead atoms. The lowest BCUT2D eigenvalue weighted by Crippen LogP contribution is -1.97. The highest BCUT2D eigenvalue weighted by Crippen LogP contribution is 2.30. The van der Waals surface area contributed by atoms with Crippen molar-refractivity contribution >= 4 is 11.6 Å². The van der Waals surface area contributed by atoms with E-state index in [4.69, 9.17) is 11.6 Å². The summed E-state index contributed by atoms with van der Waals surface area (Å²) in [5.41, 5.74) is -0.619. The van der Waals surface area contributed by atoms with Crippen LogP contribution in [0.3, 0.4) is 0 Å². The largest absolute Gasteiger partial charge is 0.481 e. The minimum atomic E-state index is -2.85. The number of alkyl halides is 2. The summed E-state index contributed by atoms with van der Waals surface area (Å²) in [6.07, 6.45) is -2.85. The Bertz CT molecular complexity index is 319. The van der Waals surface area contributed by atoms with E-state index in [9.17, 15) is 13.2 Å². The van der Waals surface area contributed by atoms with Crippen molar-refractivity contribution in [2.75, 3.05) is 7.11 Å². The molecule has 0 spiro atoms. The van der Waals surface area contributed by atoms with Crippen molar-refractivity contribution in [1.29, 1.82) is 0 Å². The number of halogens is 4. The molecule has 6 heteroatoms. The van der Waals surface area contributed by atoms with Crippen molar-refractivity contribution in [3.63, 3.8) is 0 Å². The number of rotatable bonds is 2. The number of pyridine rings is 1. The van der Waals surface area contributed by atoms with Gasteiger partial charge in [0.25, 0.3) is 6.43 Å². The molecule has 1 aromatic heterocycles. The van der Waals surface area contributed by atoms with Crippen LogP contribution in [-0.2, 0) is 0 Å². The second kappa shape index (κ2) is 3.83. The highest BCUT2D eigenvalue weighted by Gasteiger charge is 2.18. The summed E-state index contributed by atoms with van der Waals surface area (Å²) in [6, 6.07) is 0.899. The summed E-state index contributed by atoms with van der Waals surface area (Å²) in [4.78, 5) is 3.18. The van der Waals surface area contributed by atoms with Crippen molar-refractivity contribution in [2.45, 2.75) is 6.43 Å². The van der Waals surface area contributed by atoms with Crippen LogP contribution >= 0.6 is 11.6 Å². The van der Waals surface area contributed by atoms with Gasteiger partial charge in [0.2, 0.25) is 11.8 Å². The molecule has 1 heterocycles. The Hall–Kier alpha value is -0.970. The minimum absolute atomic E-state index is 0.225. The third-order valence-corrected chi connectivity index (χ3v) is 1.74. The highest BCUT2D eigenvalue weighted by molar-refractivity contribution is 6.31. The molecule has 0 aliphatic carbocycles. The first kappa shape index (κ1) is 10.1. The van der Waals surface area contributed by atoms with Gasteiger partial charge in [0.05, 0.1) is 7.11 Å². The third-order valence-electron chi connectivity index (χ3n) is 1.37. The molecule has 0 amide bonds. The number of ether oxygens (including phenoxy) is 1. The maximum atomic E-state index is 12.7. The van der Waals surface area contributed by atoms with Gasteiger partial charge in [0.15, 0.2) is 0 Å².